The molecule has 3 nitrogen and oxygen atoms in total. The Balaban J connectivity index is 2.33. The molecular weight excluding hydrogens is 234 g/mol. The first-order valence-electron chi connectivity index (χ1n) is 4.71. The molecule has 0 fully saturated rings. The summed E-state index contributed by atoms with van der Waals surface area (Å²) in [6, 6.07) is 5.72. The molecule has 0 radical (unpaired) electrons. The monoisotopic (exact) mass is 245 g/mol. The maximum Gasteiger partial charge on any atom is 0.236 e. The summed E-state index contributed by atoms with van der Waals surface area (Å²) in [6.07, 6.45) is 1.03. The molecule has 2 rings (SSSR count). The standard InChI is InChI=1S/C10H12ClNO2S/c1-12-5-4-9-3-2-8(6-10(9)12)7-15(11,13)14/h2-3,6H,4-5,7H2,1H3. The zero-order chi connectivity index (χ0) is 11.1. The quantitative estimate of drug-likeness (QED) is 0.745. The Kier molecular flexibility index (Phi) is 2.64. The van der Waals surface area contributed by atoms with Crippen LogP contribution < -0.4 is 4.90 Å². The Morgan fingerprint density at radius 3 is 2.87 bits per heavy atom. The summed E-state index contributed by atoms with van der Waals surface area (Å²) in [5.41, 5.74) is 3.14. The topological polar surface area (TPSA) is 37.4 Å². The van der Waals surface area contributed by atoms with Crippen LogP contribution in [0, 0.1) is 0 Å². The van der Waals surface area contributed by atoms with Gasteiger partial charge in [-0.05, 0) is 23.6 Å². The van der Waals surface area contributed by atoms with Crippen molar-refractivity contribution >= 4 is 25.4 Å². The lowest BCUT2D eigenvalue weighted by Crippen LogP contribution is -2.12. The van der Waals surface area contributed by atoms with E-state index in [1.54, 1.807) is 0 Å². The fraction of sp³-hybridized carbons (Fsp3) is 0.400. The van der Waals surface area contributed by atoms with E-state index < -0.39 is 9.05 Å². The Bertz CT molecular complexity index is 484. The van der Waals surface area contributed by atoms with Crippen LogP contribution in [0.2, 0.25) is 0 Å². The molecule has 1 aliphatic rings. The average Bonchev–Trinajstić information content (AvgIpc) is 2.45. The molecule has 0 atom stereocenters. The van der Waals surface area contributed by atoms with E-state index in [2.05, 4.69) is 4.90 Å². The predicted molar refractivity (Wildman–Crippen MR) is 61.9 cm³/mol. The molecule has 5 heteroatoms. The van der Waals surface area contributed by atoms with Crippen molar-refractivity contribution in [3.63, 3.8) is 0 Å². The number of fused-ring (bicyclic) bond motifs is 1. The van der Waals surface area contributed by atoms with Gasteiger partial charge in [0.15, 0.2) is 0 Å². The van der Waals surface area contributed by atoms with Gasteiger partial charge in [-0.2, -0.15) is 0 Å². The van der Waals surface area contributed by atoms with Gasteiger partial charge in [0.1, 0.15) is 0 Å². The second-order valence-electron chi connectivity index (χ2n) is 3.82. The molecule has 1 aromatic carbocycles. The van der Waals surface area contributed by atoms with E-state index in [1.165, 1.54) is 5.56 Å². The maximum atomic E-state index is 10.9. The zero-order valence-corrected chi connectivity index (χ0v) is 9.98. The van der Waals surface area contributed by atoms with Gasteiger partial charge in [0.2, 0.25) is 9.05 Å². The number of likely N-dealkylation sites (N-methyl/N-ethyl adjacent to an activating group) is 1. The molecule has 0 N–H and O–H groups in total. The van der Waals surface area contributed by atoms with Gasteiger partial charge in [0, 0.05) is 30.0 Å². The van der Waals surface area contributed by atoms with E-state index in [4.69, 9.17) is 10.7 Å². The second-order valence-corrected chi connectivity index (χ2v) is 6.59. The molecule has 1 aromatic rings. The van der Waals surface area contributed by atoms with E-state index >= 15 is 0 Å². The zero-order valence-electron chi connectivity index (χ0n) is 8.40. The summed E-state index contributed by atoms with van der Waals surface area (Å²) < 4.78 is 21.9. The van der Waals surface area contributed by atoms with Gasteiger partial charge in [0.05, 0.1) is 5.75 Å². The summed E-state index contributed by atoms with van der Waals surface area (Å²) in [7, 11) is 3.76. The number of anilines is 1. The number of halogens is 1. The highest BCUT2D eigenvalue weighted by Crippen LogP contribution is 2.28. The lowest BCUT2D eigenvalue weighted by molar-refractivity contribution is 0.609. The second kappa shape index (κ2) is 3.68. The first-order valence-corrected chi connectivity index (χ1v) is 7.19. The number of hydrogen-bond acceptors (Lipinski definition) is 3. The van der Waals surface area contributed by atoms with Crippen molar-refractivity contribution in [1.82, 2.24) is 0 Å². The van der Waals surface area contributed by atoms with Crippen molar-refractivity contribution in [1.29, 1.82) is 0 Å². The van der Waals surface area contributed by atoms with E-state index in [-0.39, 0.29) is 5.75 Å². The minimum Gasteiger partial charge on any atom is -0.374 e. The SMILES string of the molecule is CN1CCc2ccc(CS(=O)(=O)Cl)cc21. The van der Waals surface area contributed by atoms with Crippen LogP contribution >= 0.6 is 10.7 Å². The van der Waals surface area contributed by atoms with Gasteiger partial charge in [-0.3, -0.25) is 0 Å². The Morgan fingerprint density at radius 2 is 2.20 bits per heavy atom. The Hall–Kier alpha value is -0.740. The van der Waals surface area contributed by atoms with Gasteiger partial charge in [-0.25, -0.2) is 8.42 Å². The molecule has 1 aliphatic heterocycles. The van der Waals surface area contributed by atoms with Crippen LogP contribution in [-0.2, 0) is 21.2 Å². The molecule has 0 saturated heterocycles. The molecular formula is C10H12ClNO2S. The van der Waals surface area contributed by atoms with Crippen molar-refractivity contribution in [2.24, 2.45) is 0 Å². The summed E-state index contributed by atoms with van der Waals surface area (Å²) in [6.45, 7) is 0.992. The highest BCUT2D eigenvalue weighted by molar-refractivity contribution is 8.13. The van der Waals surface area contributed by atoms with Crippen LogP contribution in [0.15, 0.2) is 18.2 Å². The molecule has 0 bridgehead atoms. The smallest absolute Gasteiger partial charge is 0.236 e. The van der Waals surface area contributed by atoms with E-state index in [9.17, 15) is 8.42 Å². The third kappa shape index (κ3) is 2.44. The first kappa shape index (κ1) is 10.8. The van der Waals surface area contributed by atoms with Crippen LogP contribution in [0.3, 0.4) is 0 Å². The number of benzene rings is 1. The molecule has 82 valence electrons. The van der Waals surface area contributed by atoms with Crippen molar-refractivity contribution in [2.75, 3.05) is 18.5 Å². The summed E-state index contributed by atoms with van der Waals surface area (Å²) in [5.74, 6) is -0.102. The summed E-state index contributed by atoms with van der Waals surface area (Å²) >= 11 is 0. The molecule has 0 unspecified atom stereocenters. The van der Waals surface area contributed by atoms with E-state index in [0.717, 1.165) is 24.2 Å². The molecule has 0 saturated carbocycles. The number of nitrogens with zero attached hydrogens (tertiary/aromatic N) is 1. The molecule has 0 aromatic heterocycles. The fourth-order valence-corrected chi connectivity index (χ4v) is 2.83. The van der Waals surface area contributed by atoms with Crippen LogP contribution in [0.4, 0.5) is 5.69 Å². The minimum atomic E-state index is -3.46. The third-order valence-electron chi connectivity index (χ3n) is 2.62. The third-order valence-corrected chi connectivity index (χ3v) is 3.62. The van der Waals surface area contributed by atoms with Crippen LogP contribution in [0.25, 0.3) is 0 Å². The number of hydrogen-bond donors (Lipinski definition) is 0. The van der Waals surface area contributed by atoms with Gasteiger partial charge in [-0.15, -0.1) is 0 Å². The van der Waals surface area contributed by atoms with Gasteiger partial charge >= 0.3 is 0 Å². The van der Waals surface area contributed by atoms with Crippen molar-refractivity contribution in [2.45, 2.75) is 12.2 Å². The lowest BCUT2D eigenvalue weighted by atomic mass is 10.1. The molecule has 0 spiro atoms. The van der Waals surface area contributed by atoms with Gasteiger partial charge in [-0.1, -0.05) is 12.1 Å². The van der Waals surface area contributed by atoms with Crippen LogP contribution in [0.1, 0.15) is 11.1 Å². The number of rotatable bonds is 2. The van der Waals surface area contributed by atoms with Crippen molar-refractivity contribution in [3.8, 4) is 0 Å². The van der Waals surface area contributed by atoms with E-state index in [0.29, 0.717) is 0 Å². The highest BCUT2D eigenvalue weighted by atomic mass is 35.7. The predicted octanol–water partition coefficient (Wildman–Crippen LogP) is 1.75. The van der Waals surface area contributed by atoms with Crippen LogP contribution in [-0.4, -0.2) is 22.0 Å². The maximum absolute atomic E-state index is 10.9. The van der Waals surface area contributed by atoms with E-state index in [1.807, 2.05) is 25.2 Å². The Morgan fingerprint density at radius 1 is 1.47 bits per heavy atom. The van der Waals surface area contributed by atoms with Crippen LogP contribution in [0.5, 0.6) is 0 Å². The van der Waals surface area contributed by atoms with Crippen molar-refractivity contribution < 1.29 is 8.42 Å². The first-order chi connectivity index (χ1) is 6.96. The normalized spacial score (nSPS) is 15.5. The Labute approximate surface area is 94.1 Å². The highest BCUT2D eigenvalue weighted by Gasteiger charge is 2.17. The average molecular weight is 246 g/mol. The fourth-order valence-electron chi connectivity index (χ4n) is 1.87. The molecule has 0 amide bonds. The molecule has 1 heterocycles. The minimum absolute atomic E-state index is 0.102. The van der Waals surface area contributed by atoms with Gasteiger partial charge < -0.3 is 4.90 Å². The summed E-state index contributed by atoms with van der Waals surface area (Å²) in [5, 5.41) is 0. The molecule has 15 heavy (non-hydrogen) atoms. The largest absolute Gasteiger partial charge is 0.374 e. The van der Waals surface area contributed by atoms with Gasteiger partial charge in [0.25, 0.3) is 0 Å². The lowest BCUT2D eigenvalue weighted by Gasteiger charge is -2.12. The molecule has 0 aliphatic carbocycles. The summed E-state index contributed by atoms with van der Waals surface area (Å²) in [4.78, 5) is 2.12. The van der Waals surface area contributed by atoms with Crippen molar-refractivity contribution in [3.05, 3.63) is 29.3 Å².